The summed E-state index contributed by atoms with van der Waals surface area (Å²) in [5.41, 5.74) is 2.17. The van der Waals surface area contributed by atoms with Crippen LogP contribution in [-0.4, -0.2) is 60.1 Å². The van der Waals surface area contributed by atoms with Crippen LogP contribution in [0.5, 0.6) is 0 Å². The van der Waals surface area contributed by atoms with Gasteiger partial charge in [0.05, 0.1) is 50.8 Å². The lowest BCUT2D eigenvalue weighted by Gasteiger charge is -2.24. The van der Waals surface area contributed by atoms with Gasteiger partial charge in [0.25, 0.3) is 0 Å². The Morgan fingerprint density at radius 2 is 1.06 bits per heavy atom. The molecule has 2 saturated heterocycles. The number of aliphatic hydroxyl groups excluding tert-OH is 2. The number of hydrogen-bond donors (Lipinski definition) is 2. The summed E-state index contributed by atoms with van der Waals surface area (Å²) >= 11 is 0. The second-order valence-electron chi connectivity index (χ2n) is 8.72. The molecule has 4 rings (SSSR count). The van der Waals surface area contributed by atoms with Gasteiger partial charge in [-0.1, -0.05) is 60.7 Å². The molecule has 6 nitrogen and oxygen atoms in total. The van der Waals surface area contributed by atoms with Crippen LogP contribution in [-0.2, 0) is 32.2 Å². The van der Waals surface area contributed by atoms with E-state index in [-0.39, 0.29) is 37.6 Å². The van der Waals surface area contributed by atoms with Crippen molar-refractivity contribution in [1.82, 2.24) is 0 Å². The zero-order valence-electron chi connectivity index (χ0n) is 18.4. The molecule has 2 aromatic rings. The van der Waals surface area contributed by atoms with Crippen LogP contribution in [0.2, 0.25) is 0 Å². The SMILES string of the molecule is O[C@H](COCc1ccccc1)[C@@H]1CC[C@@H]([C@@H]2CC[C@@H]([C@H](O)COCc3ccccc3)O2)O1. The van der Waals surface area contributed by atoms with E-state index in [1.54, 1.807) is 0 Å². The molecule has 0 aliphatic carbocycles. The van der Waals surface area contributed by atoms with E-state index >= 15 is 0 Å². The van der Waals surface area contributed by atoms with Gasteiger partial charge in [-0.3, -0.25) is 0 Å². The van der Waals surface area contributed by atoms with Crippen molar-refractivity contribution in [3.05, 3.63) is 71.8 Å². The van der Waals surface area contributed by atoms with E-state index in [1.807, 2.05) is 60.7 Å². The lowest BCUT2D eigenvalue weighted by Crippen LogP contribution is -2.35. The minimum atomic E-state index is -0.655. The molecule has 0 spiro atoms. The summed E-state index contributed by atoms with van der Waals surface area (Å²) in [5.74, 6) is 0. The van der Waals surface area contributed by atoms with Gasteiger partial charge >= 0.3 is 0 Å². The van der Waals surface area contributed by atoms with Gasteiger partial charge in [0.15, 0.2) is 0 Å². The lowest BCUT2D eigenvalue weighted by atomic mass is 10.0. The highest BCUT2D eigenvalue weighted by Crippen LogP contribution is 2.33. The molecule has 2 fully saturated rings. The molecular weight excluding hydrogens is 408 g/mol. The van der Waals surface area contributed by atoms with E-state index in [0.29, 0.717) is 13.2 Å². The second kappa shape index (κ2) is 11.9. The number of rotatable bonds is 11. The van der Waals surface area contributed by atoms with Crippen LogP contribution < -0.4 is 0 Å². The van der Waals surface area contributed by atoms with Crippen molar-refractivity contribution in [2.24, 2.45) is 0 Å². The molecule has 0 saturated carbocycles. The van der Waals surface area contributed by atoms with E-state index in [4.69, 9.17) is 18.9 Å². The first kappa shape index (κ1) is 23.4. The van der Waals surface area contributed by atoms with Crippen LogP contribution >= 0.6 is 0 Å². The molecule has 0 radical (unpaired) electrons. The topological polar surface area (TPSA) is 77.4 Å². The van der Waals surface area contributed by atoms with E-state index in [1.165, 1.54) is 0 Å². The fraction of sp³-hybridized carbons (Fsp3) is 0.538. The number of hydrogen-bond acceptors (Lipinski definition) is 6. The smallest absolute Gasteiger partial charge is 0.103 e. The Kier molecular flexibility index (Phi) is 8.68. The van der Waals surface area contributed by atoms with Crippen molar-refractivity contribution >= 4 is 0 Å². The van der Waals surface area contributed by atoms with Gasteiger partial charge in [-0.05, 0) is 36.8 Å². The number of aliphatic hydroxyl groups is 2. The summed E-state index contributed by atoms with van der Waals surface area (Å²) in [7, 11) is 0. The summed E-state index contributed by atoms with van der Waals surface area (Å²) < 4.78 is 23.5. The standard InChI is InChI=1S/C26H34O6/c27-21(17-29-15-19-7-3-1-4-8-19)23-11-13-25(31-23)26-14-12-24(32-26)22(28)18-30-16-20-9-5-2-6-10-20/h1-10,21-28H,11-18H2/t21-,22-,23+,24+,25+,26+/m1/s1. The predicted molar refractivity (Wildman–Crippen MR) is 120 cm³/mol. The highest BCUT2D eigenvalue weighted by atomic mass is 16.6. The zero-order chi connectivity index (χ0) is 22.2. The van der Waals surface area contributed by atoms with Crippen LogP contribution in [0.25, 0.3) is 0 Å². The Hall–Kier alpha value is -1.80. The molecule has 2 N–H and O–H groups in total. The van der Waals surface area contributed by atoms with E-state index < -0.39 is 12.2 Å². The molecule has 32 heavy (non-hydrogen) atoms. The molecule has 2 aromatic carbocycles. The van der Waals surface area contributed by atoms with Crippen molar-refractivity contribution in [2.75, 3.05) is 13.2 Å². The highest BCUT2D eigenvalue weighted by molar-refractivity contribution is 5.14. The fourth-order valence-electron chi connectivity index (χ4n) is 4.45. The third-order valence-electron chi connectivity index (χ3n) is 6.24. The van der Waals surface area contributed by atoms with Gasteiger partial charge in [-0.15, -0.1) is 0 Å². The van der Waals surface area contributed by atoms with E-state index in [2.05, 4.69) is 0 Å². The summed E-state index contributed by atoms with van der Waals surface area (Å²) in [6.07, 6.45) is 1.38. The maximum atomic E-state index is 10.5. The lowest BCUT2D eigenvalue weighted by molar-refractivity contribution is -0.125. The summed E-state index contributed by atoms with van der Waals surface area (Å²) in [6, 6.07) is 19.8. The molecule has 0 amide bonds. The molecule has 0 bridgehead atoms. The molecule has 2 aliphatic rings. The van der Waals surface area contributed by atoms with Gasteiger partial charge in [-0.25, -0.2) is 0 Å². The average molecular weight is 443 g/mol. The van der Waals surface area contributed by atoms with Crippen LogP contribution in [0.15, 0.2) is 60.7 Å². The zero-order valence-corrected chi connectivity index (χ0v) is 18.4. The third kappa shape index (κ3) is 6.61. The monoisotopic (exact) mass is 442 g/mol. The van der Waals surface area contributed by atoms with E-state index in [9.17, 15) is 10.2 Å². The van der Waals surface area contributed by atoms with E-state index in [0.717, 1.165) is 36.8 Å². The minimum absolute atomic E-state index is 0.0498. The highest BCUT2D eigenvalue weighted by Gasteiger charge is 2.41. The Morgan fingerprint density at radius 1 is 0.656 bits per heavy atom. The van der Waals surface area contributed by atoms with Crippen molar-refractivity contribution in [3.8, 4) is 0 Å². The van der Waals surface area contributed by atoms with Gasteiger partial charge in [0, 0.05) is 0 Å². The molecule has 0 unspecified atom stereocenters. The van der Waals surface area contributed by atoms with Crippen LogP contribution in [0.3, 0.4) is 0 Å². The average Bonchev–Trinajstić information content (AvgIpc) is 3.50. The van der Waals surface area contributed by atoms with Crippen molar-refractivity contribution < 1.29 is 29.2 Å². The summed E-state index contributed by atoms with van der Waals surface area (Å²) in [6.45, 7) is 1.45. The first-order chi connectivity index (χ1) is 15.7. The molecular formula is C26H34O6. The molecule has 6 atom stereocenters. The molecule has 2 aliphatic heterocycles. The Labute approximate surface area is 190 Å². The molecule has 174 valence electrons. The maximum Gasteiger partial charge on any atom is 0.103 e. The fourth-order valence-corrected chi connectivity index (χ4v) is 4.45. The molecule has 2 heterocycles. The summed E-state index contributed by atoms with van der Waals surface area (Å²) in [4.78, 5) is 0. The predicted octanol–water partition coefficient (Wildman–Crippen LogP) is 3.24. The second-order valence-corrected chi connectivity index (χ2v) is 8.72. The molecule has 0 aromatic heterocycles. The quantitative estimate of drug-likeness (QED) is 0.556. The Balaban J connectivity index is 1.14. The first-order valence-electron chi connectivity index (χ1n) is 11.6. The minimum Gasteiger partial charge on any atom is -0.388 e. The Bertz CT molecular complexity index is 718. The van der Waals surface area contributed by atoms with Gasteiger partial charge < -0.3 is 29.2 Å². The third-order valence-corrected chi connectivity index (χ3v) is 6.24. The Morgan fingerprint density at radius 3 is 1.47 bits per heavy atom. The van der Waals surface area contributed by atoms with Crippen LogP contribution in [0.1, 0.15) is 36.8 Å². The molecule has 6 heteroatoms. The maximum absolute atomic E-state index is 10.5. The summed E-state index contributed by atoms with van der Waals surface area (Å²) in [5, 5.41) is 20.9. The van der Waals surface area contributed by atoms with Gasteiger partial charge in [0.1, 0.15) is 12.2 Å². The number of ether oxygens (including phenoxy) is 4. The van der Waals surface area contributed by atoms with Crippen molar-refractivity contribution in [3.63, 3.8) is 0 Å². The van der Waals surface area contributed by atoms with Crippen LogP contribution in [0.4, 0.5) is 0 Å². The van der Waals surface area contributed by atoms with Gasteiger partial charge in [-0.2, -0.15) is 0 Å². The van der Waals surface area contributed by atoms with Gasteiger partial charge in [0.2, 0.25) is 0 Å². The largest absolute Gasteiger partial charge is 0.388 e. The normalized spacial score (nSPS) is 27.4. The van der Waals surface area contributed by atoms with Crippen molar-refractivity contribution in [2.45, 2.75) is 75.5 Å². The van der Waals surface area contributed by atoms with Crippen molar-refractivity contribution in [1.29, 1.82) is 0 Å². The number of benzene rings is 2. The first-order valence-corrected chi connectivity index (χ1v) is 11.6. The van der Waals surface area contributed by atoms with Crippen LogP contribution in [0, 0.1) is 0 Å².